The molecule has 0 unspecified atom stereocenters. The van der Waals surface area contributed by atoms with Crippen molar-refractivity contribution in [3.63, 3.8) is 0 Å². The zero-order valence-electron chi connectivity index (χ0n) is 16.4. The maximum absolute atomic E-state index is 12.5. The Kier molecular flexibility index (Phi) is 6.02. The number of nitrogens with one attached hydrogen (secondary N) is 1. The summed E-state index contributed by atoms with van der Waals surface area (Å²) in [6, 6.07) is 6.19. The summed E-state index contributed by atoms with van der Waals surface area (Å²) in [6.07, 6.45) is 3.84. The molecule has 0 radical (unpaired) electrons. The SMILES string of the molecule is Cc1ccc2[nH]cc(CCC(=O)N(C)CC(=O)N3CCC(C(=O)O)CC3)c2c1. The Morgan fingerprint density at radius 1 is 1.25 bits per heavy atom. The molecule has 28 heavy (non-hydrogen) atoms. The number of carboxylic acid groups (broad SMARTS) is 1. The molecule has 7 heteroatoms. The van der Waals surface area contributed by atoms with E-state index in [2.05, 4.69) is 11.1 Å². The molecule has 7 nitrogen and oxygen atoms in total. The van der Waals surface area contributed by atoms with Crippen LogP contribution in [-0.2, 0) is 20.8 Å². The van der Waals surface area contributed by atoms with Crippen LogP contribution < -0.4 is 0 Å². The number of aryl methyl sites for hydroxylation is 2. The number of H-pyrrole nitrogens is 1. The van der Waals surface area contributed by atoms with E-state index in [1.165, 1.54) is 10.5 Å². The average molecular weight is 385 g/mol. The minimum atomic E-state index is -0.799. The third kappa shape index (κ3) is 4.52. The highest BCUT2D eigenvalue weighted by Crippen LogP contribution is 2.21. The lowest BCUT2D eigenvalue weighted by Crippen LogP contribution is -2.45. The molecule has 3 rings (SSSR count). The van der Waals surface area contributed by atoms with Gasteiger partial charge in [-0.1, -0.05) is 11.6 Å². The highest BCUT2D eigenvalue weighted by molar-refractivity contribution is 5.87. The highest BCUT2D eigenvalue weighted by atomic mass is 16.4. The average Bonchev–Trinajstić information content (AvgIpc) is 3.08. The van der Waals surface area contributed by atoms with Crippen LogP contribution in [0, 0.1) is 12.8 Å². The highest BCUT2D eigenvalue weighted by Gasteiger charge is 2.27. The van der Waals surface area contributed by atoms with Gasteiger partial charge < -0.3 is 19.9 Å². The molecule has 2 aromatic rings. The van der Waals surface area contributed by atoms with Gasteiger partial charge in [0.2, 0.25) is 11.8 Å². The number of hydrogen-bond donors (Lipinski definition) is 2. The minimum Gasteiger partial charge on any atom is -0.481 e. The normalized spacial score (nSPS) is 15.0. The number of rotatable bonds is 6. The standard InChI is InChI=1S/C21H27N3O4/c1-14-3-5-18-17(11-14)16(12-22-18)4-6-19(25)23(2)13-20(26)24-9-7-15(8-10-24)21(27)28/h3,5,11-12,15,22H,4,6-10,13H2,1-2H3,(H,27,28). The van der Waals surface area contributed by atoms with Crippen molar-refractivity contribution in [1.82, 2.24) is 14.8 Å². The molecule has 0 bridgehead atoms. The van der Waals surface area contributed by atoms with E-state index in [1.807, 2.05) is 25.3 Å². The molecule has 1 aliphatic heterocycles. The van der Waals surface area contributed by atoms with E-state index in [0.29, 0.717) is 38.8 Å². The van der Waals surface area contributed by atoms with Gasteiger partial charge in [-0.15, -0.1) is 0 Å². The van der Waals surface area contributed by atoms with Gasteiger partial charge in [-0.05, 0) is 43.9 Å². The van der Waals surface area contributed by atoms with E-state index in [0.717, 1.165) is 16.5 Å². The van der Waals surface area contributed by atoms with Gasteiger partial charge in [0.15, 0.2) is 0 Å². The summed E-state index contributed by atoms with van der Waals surface area (Å²) < 4.78 is 0. The van der Waals surface area contributed by atoms with Crippen molar-refractivity contribution in [1.29, 1.82) is 0 Å². The predicted molar refractivity (Wildman–Crippen MR) is 106 cm³/mol. The Morgan fingerprint density at radius 3 is 2.64 bits per heavy atom. The maximum atomic E-state index is 12.5. The second kappa shape index (κ2) is 8.46. The molecule has 2 heterocycles. The number of amides is 2. The van der Waals surface area contributed by atoms with Crippen LogP contribution in [0.3, 0.4) is 0 Å². The molecule has 1 aromatic carbocycles. The van der Waals surface area contributed by atoms with Gasteiger partial charge >= 0.3 is 5.97 Å². The summed E-state index contributed by atoms with van der Waals surface area (Å²) in [4.78, 5) is 42.2. The fourth-order valence-corrected chi connectivity index (χ4v) is 3.70. The number of hydrogen-bond acceptors (Lipinski definition) is 3. The van der Waals surface area contributed by atoms with Gasteiger partial charge in [0.05, 0.1) is 12.5 Å². The van der Waals surface area contributed by atoms with Crippen LogP contribution in [0.5, 0.6) is 0 Å². The quantitative estimate of drug-likeness (QED) is 0.797. The van der Waals surface area contributed by atoms with Gasteiger partial charge in [0.25, 0.3) is 0 Å². The minimum absolute atomic E-state index is 0.0313. The number of nitrogens with zero attached hydrogens (tertiary/aromatic N) is 2. The van der Waals surface area contributed by atoms with Crippen LogP contribution in [-0.4, -0.2) is 64.4 Å². The predicted octanol–water partition coefficient (Wildman–Crippen LogP) is 2.19. The summed E-state index contributed by atoms with van der Waals surface area (Å²) in [5, 5.41) is 10.2. The molecule has 2 amide bonds. The molecular formula is C21H27N3O4. The van der Waals surface area contributed by atoms with Crippen LogP contribution in [0.25, 0.3) is 10.9 Å². The van der Waals surface area contributed by atoms with Crippen LogP contribution >= 0.6 is 0 Å². The lowest BCUT2D eigenvalue weighted by molar-refractivity contribution is -0.146. The third-order valence-electron chi connectivity index (χ3n) is 5.53. The van der Waals surface area contributed by atoms with E-state index in [1.54, 1.807) is 11.9 Å². The number of aromatic amines is 1. The second-order valence-electron chi connectivity index (χ2n) is 7.61. The number of carbonyl (C=O) groups is 3. The number of piperidine rings is 1. The number of carbonyl (C=O) groups excluding carboxylic acids is 2. The number of fused-ring (bicyclic) bond motifs is 1. The summed E-state index contributed by atoms with van der Waals surface area (Å²) in [6.45, 7) is 2.95. The topological polar surface area (TPSA) is 93.7 Å². The largest absolute Gasteiger partial charge is 0.481 e. The Labute approximate surface area is 164 Å². The van der Waals surface area contributed by atoms with Crippen molar-refractivity contribution < 1.29 is 19.5 Å². The molecule has 150 valence electrons. The van der Waals surface area contributed by atoms with Crippen molar-refractivity contribution in [2.75, 3.05) is 26.7 Å². The summed E-state index contributed by atoms with van der Waals surface area (Å²) in [5.41, 5.74) is 3.33. The number of likely N-dealkylation sites (N-methyl/N-ethyl adjacent to an activating group) is 1. The Bertz CT molecular complexity index is 881. The van der Waals surface area contributed by atoms with Crippen LogP contribution in [0.15, 0.2) is 24.4 Å². The van der Waals surface area contributed by atoms with Gasteiger partial charge in [-0.2, -0.15) is 0 Å². The molecule has 0 spiro atoms. The molecule has 1 aromatic heterocycles. The third-order valence-corrected chi connectivity index (χ3v) is 5.53. The Balaban J connectivity index is 1.50. The number of benzene rings is 1. The van der Waals surface area contributed by atoms with Gasteiger partial charge in [-0.3, -0.25) is 14.4 Å². The molecule has 0 atom stereocenters. The van der Waals surface area contributed by atoms with E-state index < -0.39 is 5.97 Å². The molecule has 2 N–H and O–H groups in total. The van der Waals surface area contributed by atoms with E-state index >= 15 is 0 Å². The first-order valence-electron chi connectivity index (χ1n) is 9.66. The molecule has 0 aliphatic carbocycles. The lowest BCUT2D eigenvalue weighted by Gasteiger charge is -2.31. The molecular weight excluding hydrogens is 358 g/mol. The number of likely N-dealkylation sites (tertiary alicyclic amines) is 1. The number of carboxylic acids is 1. The molecule has 1 fully saturated rings. The molecule has 0 saturated carbocycles. The summed E-state index contributed by atoms with van der Waals surface area (Å²) in [7, 11) is 1.64. The fourth-order valence-electron chi connectivity index (χ4n) is 3.70. The monoisotopic (exact) mass is 385 g/mol. The lowest BCUT2D eigenvalue weighted by atomic mass is 9.97. The van der Waals surface area contributed by atoms with Crippen molar-refractivity contribution in [2.24, 2.45) is 5.92 Å². The van der Waals surface area contributed by atoms with E-state index in [-0.39, 0.29) is 24.3 Å². The van der Waals surface area contributed by atoms with Crippen molar-refractivity contribution in [3.8, 4) is 0 Å². The maximum Gasteiger partial charge on any atom is 0.306 e. The van der Waals surface area contributed by atoms with Gasteiger partial charge in [0, 0.05) is 43.7 Å². The molecule has 1 aliphatic rings. The summed E-state index contributed by atoms with van der Waals surface area (Å²) >= 11 is 0. The Morgan fingerprint density at radius 2 is 1.96 bits per heavy atom. The summed E-state index contributed by atoms with van der Waals surface area (Å²) in [5.74, 6) is -1.37. The van der Waals surface area contributed by atoms with Crippen LogP contribution in [0.1, 0.15) is 30.4 Å². The zero-order chi connectivity index (χ0) is 20.3. The number of aromatic nitrogens is 1. The van der Waals surface area contributed by atoms with E-state index in [4.69, 9.17) is 5.11 Å². The first kappa shape index (κ1) is 19.9. The first-order valence-corrected chi connectivity index (χ1v) is 9.66. The van der Waals surface area contributed by atoms with Crippen molar-refractivity contribution in [2.45, 2.75) is 32.6 Å². The fraction of sp³-hybridized carbons (Fsp3) is 0.476. The Hall–Kier alpha value is -2.83. The number of aliphatic carboxylic acids is 1. The van der Waals surface area contributed by atoms with Crippen LogP contribution in [0.4, 0.5) is 0 Å². The van der Waals surface area contributed by atoms with E-state index in [9.17, 15) is 14.4 Å². The van der Waals surface area contributed by atoms with Gasteiger partial charge in [-0.25, -0.2) is 0 Å². The first-order chi connectivity index (χ1) is 13.3. The second-order valence-corrected chi connectivity index (χ2v) is 7.61. The van der Waals surface area contributed by atoms with Crippen molar-refractivity contribution in [3.05, 3.63) is 35.5 Å². The van der Waals surface area contributed by atoms with Gasteiger partial charge in [0.1, 0.15) is 0 Å². The zero-order valence-corrected chi connectivity index (χ0v) is 16.4. The van der Waals surface area contributed by atoms with Crippen molar-refractivity contribution >= 4 is 28.7 Å². The molecule has 1 saturated heterocycles. The van der Waals surface area contributed by atoms with Crippen LogP contribution in [0.2, 0.25) is 0 Å². The smallest absolute Gasteiger partial charge is 0.306 e.